The number of ketones is 1. The van der Waals surface area contributed by atoms with Crippen LogP contribution >= 0.6 is 0 Å². The number of benzene rings is 1. The molecular weight excluding hydrogens is 264 g/mol. The molecule has 20 heavy (non-hydrogen) atoms. The number of ether oxygens (including phenoxy) is 3. The zero-order valence-corrected chi connectivity index (χ0v) is 12.0. The van der Waals surface area contributed by atoms with E-state index in [1.807, 2.05) is 0 Å². The third-order valence-corrected chi connectivity index (χ3v) is 2.83. The van der Waals surface area contributed by atoms with E-state index in [0.29, 0.717) is 5.56 Å². The molecule has 1 rings (SSSR count). The maximum atomic E-state index is 11.9. The monoisotopic (exact) mass is 280 g/mol. The van der Waals surface area contributed by atoms with Crippen molar-refractivity contribution < 1.29 is 28.6 Å². The molecule has 0 unspecified atom stereocenters. The topological polar surface area (TPSA) is 78.9 Å². The molecule has 6 heteroatoms. The van der Waals surface area contributed by atoms with Crippen molar-refractivity contribution in [1.82, 2.24) is 0 Å². The van der Waals surface area contributed by atoms with Crippen molar-refractivity contribution in [1.29, 1.82) is 0 Å². The average Bonchev–Trinajstić information content (AvgIpc) is 2.43. The van der Waals surface area contributed by atoms with Crippen LogP contribution in [-0.4, -0.2) is 39.1 Å². The first kappa shape index (κ1) is 15.7. The van der Waals surface area contributed by atoms with Gasteiger partial charge in [0.2, 0.25) is 0 Å². The van der Waals surface area contributed by atoms with Crippen LogP contribution in [0.5, 0.6) is 5.75 Å². The molecule has 0 N–H and O–H groups in total. The van der Waals surface area contributed by atoms with Gasteiger partial charge in [-0.2, -0.15) is 0 Å². The Morgan fingerprint density at radius 2 is 1.50 bits per heavy atom. The number of carbonyl (C=O) groups is 3. The van der Waals surface area contributed by atoms with Crippen LogP contribution in [0.3, 0.4) is 0 Å². The standard InChI is InChI=1S/C14H16O6/c1-7-6-9(13(16)19-4)11(14(17)20-5)12(18-3)10(7)8(2)15/h6H,1-5H3. The molecule has 1 aromatic rings. The molecular formula is C14H16O6. The number of methoxy groups -OCH3 is 3. The van der Waals surface area contributed by atoms with Crippen molar-refractivity contribution in [3.05, 3.63) is 28.3 Å². The second kappa shape index (κ2) is 6.18. The van der Waals surface area contributed by atoms with Crippen LogP contribution in [0.4, 0.5) is 0 Å². The lowest BCUT2D eigenvalue weighted by Crippen LogP contribution is -2.16. The summed E-state index contributed by atoms with van der Waals surface area (Å²) in [7, 11) is 3.69. The van der Waals surface area contributed by atoms with E-state index in [9.17, 15) is 14.4 Å². The molecule has 1 aromatic carbocycles. The molecule has 0 bridgehead atoms. The van der Waals surface area contributed by atoms with E-state index in [4.69, 9.17) is 4.74 Å². The highest BCUT2D eigenvalue weighted by atomic mass is 16.5. The van der Waals surface area contributed by atoms with E-state index in [1.165, 1.54) is 34.3 Å². The van der Waals surface area contributed by atoms with Crippen LogP contribution in [0.1, 0.15) is 43.6 Å². The molecule has 0 aromatic heterocycles. The van der Waals surface area contributed by atoms with Crippen LogP contribution in [0.25, 0.3) is 0 Å². The number of hydrogen-bond donors (Lipinski definition) is 0. The molecule has 0 saturated carbocycles. The highest BCUT2D eigenvalue weighted by Crippen LogP contribution is 2.32. The third kappa shape index (κ3) is 2.64. The van der Waals surface area contributed by atoms with Gasteiger partial charge in [0.25, 0.3) is 0 Å². The Bertz CT molecular complexity index is 574. The van der Waals surface area contributed by atoms with Gasteiger partial charge in [-0.1, -0.05) is 0 Å². The van der Waals surface area contributed by atoms with Gasteiger partial charge in [0.1, 0.15) is 11.3 Å². The maximum absolute atomic E-state index is 11.9. The van der Waals surface area contributed by atoms with E-state index < -0.39 is 11.9 Å². The minimum atomic E-state index is -0.773. The fourth-order valence-corrected chi connectivity index (χ4v) is 2.00. The lowest BCUT2D eigenvalue weighted by atomic mass is 9.95. The minimum absolute atomic E-state index is 0.00120. The van der Waals surface area contributed by atoms with Crippen molar-refractivity contribution in [2.24, 2.45) is 0 Å². The smallest absolute Gasteiger partial charge is 0.342 e. The third-order valence-electron chi connectivity index (χ3n) is 2.83. The second-order valence-electron chi connectivity index (χ2n) is 4.06. The normalized spacial score (nSPS) is 9.85. The Hall–Kier alpha value is -2.37. The highest BCUT2D eigenvalue weighted by molar-refractivity contribution is 6.10. The van der Waals surface area contributed by atoms with Gasteiger partial charge in [-0.15, -0.1) is 0 Å². The first-order chi connectivity index (χ1) is 9.38. The van der Waals surface area contributed by atoms with Crippen molar-refractivity contribution in [2.75, 3.05) is 21.3 Å². The van der Waals surface area contributed by atoms with Gasteiger partial charge in [-0.05, 0) is 25.5 Å². The Morgan fingerprint density at radius 3 is 1.90 bits per heavy atom. The predicted molar refractivity (Wildman–Crippen MR) is 70.4 cm³/mol. The first-order valence-corrected chi connectivity index (χ1v) is 5.78. The molecule has 0 amide bonds. The Morgan fingerprint density at radius 1 is 0.950 bits per heavy atom. The molecule has 6 nitrogen and oxygen atoms in total. The van der Waals surface area contributed by atoms with E-state index in [1.54, 1.807) is 6.92 Å². The number of aryl methyl sites for hydroxylation is 1. The molecule has 0 radical (unpaired) electrons. The molecule has 0 saturated heterocycles. The van der Waals surface area contributed by atoms with E-state index >= 15 is 0 Å². The lowest BCUT2D eigenvalue weighted by molar-refractivity contribution is 0.0551. The highest BCUT2D eigenvalue weighted by Gasteiger charge is 2.28. The molecule has 0 aliphatic carbocycles. The molecule has 0 aliphatic rings. The second-order valence-corrected chi connectivity index (χ2v) is 4.06. The molecule has 0 heterocycles. The van der Waals surface area contributed by atoms with Crippen molar-refractivity contribution in [2.45, 2.75) is 13.8 Å². The average molecular weight is 280 g/mol. The largest absolute Gasteiger partial charge is 0.495 e. The first-order valence-electron chi connectivity index (χ1n) is 5.78. The van der Waals surface area contributed by atoms with Gasteiger partial charge in [0.15, 0.2) is 5.78 Å². The Balaban J connectivity index is 3.80. The maximum Gasteiger partial charge on any atom is 0.342 e. The summed E-state index contributed by atoms with van der Waals surface area (Å²) in [5.41, 5.74) is 0.638. The lowest BCUT2D eigenvalue weighted by Gasteiger charge is -2.16. The van der Waals surface area contributed by atoms with Gasteiger partial charge in [-0.25, -0.2) is 9.59 Å². The minimum Gasteiger partial charge on any atom is -0.495 e. The van der Waals surface area contributed by atoms with Crippen molar-refractivity contribution in [3.8, 4) is 5.75 Å². The van der Waals surface area contributed by atoms with Gasteiger partial charge >= 0.3 is 11.9 Å². The summed E-state index contributed by atoms with van der Waals surface area (Å²) < 4.78 is 14.4. The molecule has 0 aliphatic heterocycles. The molecule has 0 atom stereocenters. The zero-order chi connectivity index (χ0) is 15.4. The van der Waals surface area contributed by atoms with E-state index in [0.717, 1.165) is 0 Å². The van der Waals surface area contributed by atoms with Gasteiger partial charge in [0.05, 0.1) is 32.5 Å². The van der Waals surface area contributed by atoms with Crippen LogP contribution in [0, 0.1) is 6.92 Å². The number of esters is 2. The molecule has 0 fully saturated rings. The number of Topliss-reactive ketones (excluding diaryl/α,β-unsaturated/α-hetero) is 1. The van der Waals surface area contributed by atoms with Crippen LogP contribution in [-0.2, 0) is 9.47 Å². The molecule has 0 spiro atoms. The summed E-state index contributed by atoms with van der Waals surface area (Å²) in [6, 6.07) is 1.41. The van der Waals surface area contributed by atoms with Gasteiger partial charge in [-0.3, -0.25) is 4.79 Å². The summed E-state index contributed by atoms with van der Waals surface area (Å²) in [4.78, 5) is 35.4. The Labute approximate surface area is 116 Å². The van der Waals surface area contributed by atoms with E-state index in [2.05, 4.69) is 9.47 Å². The summed E-state index contributed by atoms with van der Waals surface area (Å²) in [5, 5.41) is 0. The number of carbonyl (C=O) groups excluding carboxylic acids is 3. The van der Waals surface area contributed by atoms with Gasteiger partial charge < -0.3 is 14.2 Å². The SMILES string of the molecule is COC(=O)c1cc(C)c(C(C)=O)c(OC)c1C(=O)OC. The number of rotatable bonds is 4. The zero-order valence-electron chi connectivity index (χ0n) is 12.0. The summed E-state index contributed by atoms with van der Waals surface area (Å²) in [6.45, 7) is 3.00. The van der Waals surface area contributed by atoms with Crippen LogP contribution in [0.15, 0.2) is 6.07 Å². The summed E-state index contributed by atoms with van der Waals surface area (Å²) in [6.07, 6.45) is 0. The molecule has 108 valence electrons. The number of hydrogen-bond acceptors (Lipinski definition) is 6. The Kier molecular flexibility index (Phi) is 4.85. The van der Waals surface area contributed by atoms with Gasteiger partial charge in [0, 0.05) is 0 Å². The fourth-order valence-electron chi connectivity index (χ4n) is 2.00. The van der Waals surface area contributed by atoms with Crippen LogP contribution in [0.2, 0.25) is 0 Å². The summed E-state index contributed by atoms with van der Waals surface area (Å²) in [5.74, 6) is -1.74. The van der Waals surface area contributed by atoms with Crippen LogP contribution < -0.4 is 4.74 Å². The summed E-state index contributed by atoms with van der Waals surface area (Å²) >= 11 is 0. The fraction of sp³-hybridized carbons (Fsp3) is 0.357. The van der Waals surface area contributed by atoms with Crippen molar-refractivity contribution in [3.63, 3.8) is 0 Å². The predicted octanol–water partition coefficient (Wildman–Crippen LogP) is 1.78. The van der Waals surface area contributed by atoms with E-state index in [-0.39, 0.29) is 28.2 Å². The van der Waals surface area contributed by atoms with Crippen molar-refractivity contribution >= 4 is 17.7 Å². The quantitative estimate of drug-likeness (QED) is 0.618.